The Morgan fingerprint density at radius 2 is 1.95 bits per heavy atom. The Bertz CT molecular complexity index is 658. The Kier molecular flexibility index (Phi) is 4.68. The molecule has 0 aliphatic carbocycles. The van der Waals surface area contributed by atoms with Crippen LogP contribution in [-0.2, 0) is 30.5 Å². The normalized spacial score (nSPS) is 12.8. The van der Waals surface area contributed by atoms with E-state index in [0.717, 1.165) is 41.4 Å². The van der Waals surface area contributed by atoms with Crippen molar-refractivity contribution in [1.82, 2.24) is 4.98 Å². The topological polar surface area (TPSA) is 79.1 Å². The number of H-pyrrole nitrogens is 1. The molecule has 0 spiro atoms. The third-order valence-electron chi connectivity index (χ3n) is 4.13. The van der Waals surface area contributed by atoms with Crippen LogP contribution in [0.4, 0.5) is 0 Å². The largest absolute Gasteiger partial charge is 0.480 e. The van der Waals surface area contributed by atoms with E-state index in [-0.39, 0.29) is 0 Å². The van der Waals surface area contributed by atoms with Gasteiger partial charge in [0.25, 0.3) is 0 Å². The van der Waals surface area contributed by atoms with Crippen LogP contribution in [0.15, 0.2) is 12.1 Å². The minimum absolute atomic E-state index is 0.370. The fourth-order valence-electron chi connectivity index (χ4n) is 2.87. The minimum Gasteiger partial charge on any atom is -0.480 e. The van der Waals surface area contributed by atoms with E-state index in [0.29, 0.717) is 6.42 Å². The molecule has 2 rings (SSSR count). The van der Waals surface area contributed by atoms with Crippen molar-refractivity contribution < 1.29 is 9.90 Å². The highest BCUT2D eigenvalue weighted by Gasteiger charge is 2.19. The number of carbonyl (C=O) groups is 1. The molecular weight excluding hydrogens is 264 g/mol. The van der Waals surface area contributed by atoms with E-state index in [1.165, 1.54) is 11.1 Å². The lowest BCUT2D eigenvalue weighted by atomic mass is 9.97. The van der Waals surface area contributed by atoms with Crippen molar-refractivity contribution in [3.63, 3.8) is 0 Å². The van der Waals surface area contributed by atoms with Gasteiger partial charge in [0.1, 0.15) is 6.04 Å². The van der Waals surface area contributed by atoms with Gasteiger partial charge in [-0.15, -0.1) is 0 Å². The average molecular weight is 288 g/mol. The van der Waals surface area contributed by atoms with Crippen molar-refractivity contribution in [2.45, 2.75) is 52.5 Å². The number of hydrogen-bond donors (Lipinski definition) is 3. The maximum atomic E-state index is 11.1. The van der Waals surface area contributed by atoms with Crippen LogP contribution in [0.25, 0.3) is 10.9 Å². The molecular formula is C17H24N2O2. The number of rotatable bonds is 6. The van der Waals surface area contributed by atoms with Gasteiger partial charge in [0.15, 0.2) is 0 Å². The molecule has 0 saturated heterocycles. The van der Waals surface area contributed by atoms with Crippen LogP contribution in [0.1, 0.15) is 43.2 Å². The van der Waals surface area contributed by atoms with Crippen LogP contribution >= 0.6 is 0 Å². The molecule has 0 aliphatic rings. The molecule has 0 radical (unpaired) electrons. The summed E-state index contributed by atoms with van der Waals surface area (Å²) in [6.45, 7) is 6.35. The molecule has 2 aromatic rings. The highest BCUT2D eigenvalue weighted by Crippen LogP contribution is 2.29. The minimum atomic E-state index is -0.950. The Balaban J connectivity index is 2.63. The van der Waals surface area contributed by atoms with Crippen molar-refractivity contribution >= 4 is 16.9 Å². The smallest absolute Gasteiger partial charge is 0.320 e. The molecule has 21 heavy (non-hydrogen) atoms. The molecule has 0 fully saturated rings. The van der Waals surface area contributed by atoms with Crippen molar-refractivity contribution in [2.75, 3.05) is 0 Å². The SMILES string of the molecule is CCc1cc(CC)c2[nH]c(CC)c(CC(N)C(=O)O)c2c1. The zero-order valence-corrected chi connectivity index (χ0v) is 13.0. The summed E-state index contributed by atoms with van der Waals surface area (Å²) in [5, 5.41) is 10.2. The van der Waals surface area contributed by atoms with Gasteiger partial charge in [-0.25, -0.2) is 0 Å². The van der Waals surface area contributed by atoms with Crippen LogP contribution in [0.2, 0.25) is 0 Å². The number of nitrogens with one attached hydrogen (secondary N) is 1. The van der Waals surface area contributed by atoms with E-state index in [1.807, 2.05) is 0 Å². The molecule has 0 saturated carbocycles. The summed E-state index contributed by atoms with van der Waals surface area (Å²) in [6.07, 6.45) is 3.15. The van der Waals surface area contributed by atoms with Gasteiger partial charge in [0, 0.05) is 23.0 Å². The highest BCUT2D eigenvalue weighted by atomic mass is 16.4. The molecule has 114 valence electrons. The molecule has 4 N–H and O–H groups in total. The van der Waals surface area contributed by atoms with Gasteiger partial charge >= 0.3 is 5.97 Å². The van der Waals surface area contributed by atoms with E-state index >= 15 is 0 Å². The fourth-order valence-corrected chi connectivity index (χ4v) is 2.87. The van der Waals surface area contributed by atoms with Crippen LogP contribution < -0.4 is 5.73 Å². The molecule has 0 aliphatic heterocycles. The third-order valence-corrected chi connectivity index (χ3v) is 4.13. The molecule has 1 heterocycles. The number of aryl methyl sites for hydroxylation is 3. The van der Waals surface area contributed by atoms with E-state index < -0.39 is 12.0 Å². The monoisotopic (exact) mass is 288 g/mol. The van der Waals surface area contributed by atoms with Crippen LogP contribution in [0, 0.1) is 0 Å². The summed E-state index contributed by atoms with van der Waals surface area (Å²) < 4.78 is 0. The number of aromatic amines is 1. The molecule has 0 bridgehead atoms. The molecule has 1 aromatic heterocycles. The van der Waals surface area contributed by atoms with Crippen molar-refractivity contribution in [3.8, 4) is 0 Å². The van der Waals surface area contributed by atoms with Crippen LogP contribution in [0.3, 0.4) is 0 Å². The summed E-state index contributed by atoms with van der Waals surface area (Å²) >= 11 is 0. The van der Waals surface area contributed by atoms with Gasteiger partial charge < -0.3 is 15.8 Å². The Morgan fingerprint density at radius 1 is 1.24 bits per heavy atom. The molecule has 4 nitrogen and oxygen atoms in total. The van der Waals surface area contributed by atoms with E-state index in [4.69, 9.17) is 10.8 Å². The standard InChI is InChI=1S/C17H24N2O2/c1-4-10-7-11(5-2)16-13(8-10)12(15(6-3)19-16)9-14(18)17(20)21/h7-8,14,19H,4-6,9,18H2,1-3H3,(H,20,21). The lowest BCUT2D eigenvalue weighted by Crippen LogP contribution is -2.32. The number of carboxylic acid groups (broad SMARTS) is 1. The predicted molar refractivity (Wildman–Crippen MR) is 85.7 cm³/mol. The lowest BCUT2D eigenvalue weighted by Gasteiger charge is -2.09. The molecule has 1 aromatic carbocycles. The predicted octanol–water partition coefficient (Wildman–Crippen LogP) is 2.81. The Morgan fingerprint density at radius 3 is 2.48 bits per heavy atom. The summed E-state index contributed by atoms with van der Waals surface area (Å²) in [4.78, 5) is 14.6. The first-order chi connectivity index (χ1) is 10.0. The number of nitrogens with two attached hydrogens (primary N) is 1. The van der Waals surface area contributed by atoms with Gasteiger partial charge in [-0.1, -0.05) is 26.8 Å². The van der Waals surface area contributed by atoms with Gasteiger partial charge in [-0.05, 0) is 42.0 Å². The highest BCUT2D eigenvalue weighted by molar-refractivity contribution is 5.89. The zero-order valence-electron chi connectivity index (χ0n) is 13.0. The Hall–Kier alpha value is -1.81. The van der Waals surface area contributed by atoms with Gasteiger partial charge in [-0.2, -0.15) is 0 Å². The summed E-state index contributed by atoms with van der Waals surface area (Å²) in [5.41, 5.74) is 11.6. The number of carboxylic acids is 1. The first kappa shape index (κ1) is 15.6. The van der Waals surface area contributed by atoms with Gasteiger partial charge in [0.2, 0.25) is 0 Å². The second-order valence-electron chi connectivity index (χ2n) is 5.47. The summed E-state index contributed by atoms with van der Waals surface area (Å²) in [7, 11) is 0. The first-order valence-electron chi connectivity index (χ1n) is 7.65. The molecule has 1 atom stereocenters. The van der Waals surface area contributed by atoms with E-state index in [1.54, 1.807) is 0 Å². The quantitative estimate of drug-likeness (QED) is 0.764. The number of fused-ring (bicyclic) bond motifs is 1. The Labute approximate surface area is 125 Å². The molecule has 1 unspecified atom stereocenters. The van der Waals surface area contributed by atoms with Crippen molar-refractivity contribution in [1.29, 1.82) is 0 Å². The fraction of sp³-hybridized carbons (Fsp3) is 0.471. The number of aromatic nitrogens is 1. The first-order valence-corrected chi connectivity index (χ1v) is 7.65. The number of aliphatic carboxylic acids is 1. The van der Waals surface area contributed by atoms with Gasteiger partial charge in [-0.3, -0.25) is 4.79 Å². The van der Waals surface area contributed by atoms with Crippen molar-refractivity contribution in [3.05, 3.63) is 34.5 Å². The molecule has 4 heteroatoms. The maximum Gasteiger partial charge on any atom is 0.320 e. The third kappa shape index (κ3) is 2.95. The maximum absolute atomic E-state index is 11.1. The van der Waals surface area contributed by atoms with E-state index in [2.05, 4.69) is 37.9 Å². The van der Waals surface area contributed by atoms with E-state index in [9.17, 15) is 4.79 Å². The summed E-state index contributed by atoms with van der Waals surface area (Å²) in [6, 6.07) is 3.55. The lowest BCUT2D eigenvalue weighted by molar-refractivity contribution is -0.138. The molecule has 0 amide bonds. The number of hydrogen-bond acceptors (Lipinski definition) is 2. The number of benzene rings is 1. The van der Waals surface area contributed by atoms with Crippen LogP contribution in [0.5, 0.6) is 0 Å². The average Bonchev–Trinajstić information content (AvgIpc) is 2.83. The van der Waals surface area contributed by atoms with Crippen LogP contribution in [-0.4, -0.2) is 22.1 Å². The van der Waals surface area contributed by atoms with Crippen molar-refractivity contribution in [2.24, 2.45) is 5.73 Å². The van der Waals surface area contributed by atoms with Gasteiger partial charge in [0.05, 0.1) is 0 Å². The zero-order chi connectivity index (χ0) is 15.6. The summed E-state index contributed by atoms with van der Waals surface area (Å²) in [5.74, 6) is -0.950. The second-order valence-corrected chi connectivity index (χ2v) is 5.47. The second kappa shape index (κ2) is 6.31.